The molecule has 0 heterocycles. The van der Waals surface area contributed by atoms with Crippen LogP contribution in [-0.2, 0) is 0 Å². The summed E-state index contributed by atoms with van der Waals surface area (Å²) >= 11 is 0. The van der Waals surface area contributed by atoms with Crippen molar-refractivity contribution in [2.24, 2.45) is 10.8 Å². The molecule has 136 valence electrons. The number of hydrogen-bond donors (Lipinski definition) is 1. The van der Waals surface area contributed by atoms with Gasteiger partial charge in [0.1, 0.15) is 0 Å². The Hall–Kier alpha value is -2.28. The summed E-state index contributed by atoms with van der Waals surface area (Å²) in [6.07, 6.45) is 15.5. The van der Waals surface area contributed by atoms with Gasteiger partial charge < -0.3 is 5.32 Å². The predicted octanol–water partition coefficient (Wildman–Crippen LogP) is 7.03. The van der Waals surface area contributed by atoms with Gasteiger partial charge in [-0.3, -0.25) is 0 Å². The highest BCUT2D eigenvalue weighted by Crippen LogP contribution is 2.26. The minimum absolute atomic E-state index is 0.0515. The molecule has 0 aliphatic heterocycles. The molecule has 0 atom stereocenters. The summed E-state index contributed by atoms with van der Waals surface area (Å²) in [4.78, 5) is 0. The van der Waals surface area contributed by atoms with Crippen molar-refractivity contribution in [3.8, 4) is 0 Å². The lowest BCUT2D eigenvalue weighted by molar-refractivity contribution is 0.517. The van der Waals surface area contributed by atoms with E-state index in [0.29, 0.717) is 0 Å². The first kappa shape index (κ1) is 22.7. The van der Waals surface area contributed by atoms with Crippen LogP contribution in [-0.4, -0.2) is 0 Å². The molecular formula is C24H35N. The summed E-state index contributed by atoms with van der Waals surface area (Å²) in [5.41, 5.74) is 4.24. The Morgan fingerprint density at radius 1 is 0.560 bits per heavy atom. The van der Waals surface area contributed by atoms with Gasteiger partial charge in [-0.25, -0.2) is 0 Å². The number of rotatable bonds is 8. The summed E-state index contributed by atoms with van der Waals surface area (Å²) in [6, 6.07) is 0. The first-order valence-corrected chi connectivity index (χ1v) is 8.61. The molecule has 0 spiro atoms. The van der Waals surface area contributed by atoms with E-state index >= 15 is 0 Å². The molecule has 1 N–H and O–H groups in total. The Kier molecular flexibility index (Phi) is 8.98. The predicted molar refractivity (Wildman–Crippen MR) is 115 cm³/mol. The van der Waals surface area contributed by atoms with E-state index in [1.165, 1.54) is 11.1 Å². The normalized spacial score (nSPS) is 14.8. The maximum absolute atomic E-state index is 3.90. The largest absolute Gasteiger partial charge is 0.356 e. The van der Waals surface area contributed by atoms with Crippen molar-refractivity contribution in [2.75, 3.05) is 0 Å². The van der Waals surface area contributed by atoms with Crippen molar-refractivity contribution in [3.63, 3.8) is 0 Å². The average molecular weight is 338 g/mol. The van der Waals surface area contributed by atoms with Crippen LogP contribution in [0, 0.1) is 10.8 Å². The molecule has 25 heavy (non-hydrogen) atoms. The van der Waals surface area contributed by atoms with E-state index in [0.717, 1.165) is 11.4 Å². The van der Waals surface area contributed by atoms with Crippen LogP contribution >= 0.6 is 0 Å². The monoisotopic (exact) mass is 337 g/mol. The van der Waals surface area contributed by atoms with Gasteiger partial charge in [0.2, 0.25) is 0 Å². The van der Waals surface area contributed by atoms with Crippen molar-refractivity contribution in [1.82, 2.24) is 5.32 Å². The molecule has 0 amide bonds. The van der Waals surface area contributed by atoms with E-state index in [2.05, 4.69) is 85.3 Å². The fourth-order valence-electron chi connectivity index (χ4n) is 2.10. The van der Waals surface area contributed by atoms with Crippen LogP contribution in [0.25, 0.3) is 0 Å². The molecule has 0 aromatic heterocycles. The van der Waals surface area contributed by atoms with Crippen LogP contribution in [0.3, 0.4) is 0 Å². The molecule has 0 unspecified atom stereocenters. The highest BCUT2D eigenvalue weighted by molar-refractivity contribution is 5.36. The quantitative estimate of drug-likeness (QED) is 0.469. The fourth-order valence-corrected chi connectivity index (χ4v) is 2.10. The zero-order chi connectivity index (χ0) is 19.7. The highest BCUT2D eigenvalue weighted by atomic mass is 14.9. The van der Waals surface area contributed by atoms with Crippen LogP contribution in [0.5, 0.6) is 0 Å². The van der Waals surface area contributed by atoms with Gasteiger partial charge in [-0.15, -0.1) is 0 Å². The van der Waals surface area contributed by atoms with Crippen molar-refractivity contribution >= 4 is 0 Å². The molecule has 1 heteroatoms. The Balaban J connectivity index is 5.59. The van der Waals surface area contributed by atoms with E-state index < -0.39 is 0 Å². The lowest BCUT2D eigenvalue weighted by Gasteiger charge is -2.20. The summed E-state index contributed by atoms with van der Waals surface area (Å²) in [5, 5.41) is 3.34. The van der Waals surface area contributed by atoms with E-state index in [-0.39, 0.29) is 10.8 Å². The lowest BCUT2D eigenvalue weighted by atomic mass is 9.86. The first-order chi connectivity index (χ1) is 11.5. The van der Waals surface area contributed by atoms with Gasteiger partial charge in [0.05, 0.1) is 0 Å². The minimum Gasteiger partial charge on any atom is -0.356 e. The summed E-state index contributed by atoms with van der Waals surface area (Å²) in [7, 11) is 0. The third kappa shape index (κ3) is 8.39. The first-order valence-electron chi connectivity index (χ1n) is 8.61. The van der Waals surface area contributed by atoms with Crippen molar-refractivity contribution in [3.05, 3.63) is 97.5 Å². The van der Waals surface area contributed by atoms with Crippen molar-refractivity contribution < 1.29 is 0 Å². The summed E-state index contributed by atoms with van der Waals surface area (Å²) in [5.74, 6) is 0. The molecule has 0 aliphatic rings. The second-order valence-electron chi connectivity index (χ2n) is 7.93. The number of allylic oxidation sites excluding steroid dienone is 10. The maximum Gasteiger partial charge on any atom is 0.0378 e. The molecular weight excluding hydrogens is 302 g/mol. The van der Waals surface area contributed by atoms with Crippen molar-refractivity contribution in [2.45, 2.75) is 41.5 Å². The summed E-state index contributed by atoms with van der Waals surface area (Å²) < 4.78 is 0. The van der Waals surface area contributed by atoms with Gasteiger partial charge in [-0.2, -0.15) is 0 Å². The van der Waals surface area contributed by atoms with Crippen LogP contribution < -0.4 is 5.32 Å². The lowest BCUT2D eigenvalue weighted by Crippen LogP contribution is -2.11. The van der Waals surface area contributed by atoms with Crippen LogP contribution in [0.1, 0.15) is 41.5 Å². The highest BCUT2D eigenvalue weighted by Gasteiger charge is 2.13. The maximum atomic E-state index is 3.90. The molecule has 0 aromatic rings. The van der Waals surface area contributed by atoms with Gasteiger partial charge in [0, 0.05) is 11.4 Å². The third-order valence-electron chi connectivity index (χ3n) is 3.79. The minimum atomic E-state index is 0.0515. The van der Waals surface area contributed by atoms with E-state index in [4.69, 9.17) is 0 Å². The molecule has 1 nitrogen and oxygen atoms in total. The van der Waals surface area contributed by atoms with Crippen LogP contribution in [0.15, 0.2) is 97.5 Å². The molecule has 0 saturated heterocycles. The molecule has 0 rings (SSSR count). The second-order valence-corrected chi connectivity index (χ2v) is 7.93. The Morgan fingerprint density at radius 3 is 1.08 bits per heavy atom. The Bertz CT molecular complexity index is 564. The molecule has 0 radical (unpaired) electrons. The number of nitrogens with one attached hydrogen (secondary N) is 1. The second kappa shape index (κ2) is 9.88. The zero-order valence-corrected chi connectivity index (χ0v) is 16.9. The van der Waals surface area contributed by atoms with E-state index in [1.807, 2.05) is 24.3 Å². The average Bonchev–Trinajstić information content (AvgIpc) is 2.50. The standard InChI is InChI=1S/C24H35N/c1-11-19(23(5,6)7)15-17-21(13-3)25-22(14-4)18-16-20(12-2)24(8,9)10/h11-18,25H,1-4H2,5-10H3/b19-15+,20-16+,21-17+,22-18+. The number of hydrogen-bond acceptors (Lipinski definition) is 1. The molecule has 0 aromatic carbocycles. The third-order valence-corrected chi connectivity index (χ3v) is 3.79. The zero-order valence-electron chi connectivity index (χ0n) is 16.9. The Morgan fingerprint density at radius 2 is 0.880 bits per heavy atom. The van der Waals surface area contributed by atoms with Gasteiger partial charge in [0.25, 0.3) is 0 Å². The van der Waals surface area contributed by atoms with Gasteiger partial charge >= 0.3 is 0 Å². The van der Waals surface area contributed by atoms with Crippen molar-refractivity contribution in [1.29, 1.82) is 0 Å². The Labute approximate surface area is 155 Å². The topological polar surface area (TPSA) is 12.0 Å². The van der Waals surface area contributed by atoms with Crippen LogP contribution in [0.4, 0.5) is 0 Å². The summed E-state index contributed by atoms with van der Waals surface area (Å²) in [6.45, 7) is 28.6. The molecule has 0 fully saturated rings. The van der Waals surface area contributed by atoms with Gasteiger partial charge in [-0.05, 0) is 46.3 Å². The fraction of sp³-hybridized carbons (Fsp3) is 0.333. The van der Waals surface area contributed by atoms with Gasteiger partial charge in [-0.1, -0.05) is 92.2 Å². The van der Waals surface area contributed by atoms with E-state index in [9.17, 15) is 0 Å². The van der Waals surface area contributed by atoms with Gasteiger partial charge in [0.15, 0.2) is 0 Å². The molecule has 0 aliphatic carbocycles. The smallest absolute Gasteiger partial charge is 0.0378 e. The molecule has 0 bridgehead atoms. The van der Waals surface area contributed by atoms with E-state index in [1.54, 1.807) is 12.2 Å². The van der Waals surface area contributed by atoms with Crippen LogP contribution in [0.2, 0.25) is 0 Å². The SMILES string of the molecule is C=C/C(=C\C=C(/C=C)C(C)(C)C)N/C(C=C)=C/C=C(\C=C)C(C)(C)C. The molecule has 0 saturated carbocycles.